The van der Waals surface area contributed by atoms with Gasteiger partial charge in [-0.1, -0.05) is 99.0 Å². The summed E-state index contributed by atoms with van der Waals surface area (Å²) in [6.07, 6.45) is 6.96. The lowest BCUT2D eigenvalue weighted by atomic mass is 9.73. The van der Waals surface area contributed by atoms with E-state index in [1.165, 1.54) is 5.56 Å². The van der Waals surface area contributed by atoms with E-state index in [9.17, 15) is 19.5 Å². The molecular weight excluding hydrogens is 620 g/mol. The van der Waals surface area contributed by atoms with Crippen molar-refractivity contribution in [1.82, 2.24) is 0 Å². The number of esters is 3. The second-order valence-corrected chi connectivity index (χ2v) is 13.5. The Morgan fingerprint density at radius 2 is 1.45 bits per heavy atom. The molecule has 0 radical (unpaired) electrons. The Labute approximate surface area is 290 Å². The standard InChI is InChI=1S/C41H50O8/c1-2-3-6-17-33(42)19-20-34-35-23-31-16-11-18-37(46-28-41(45)48-27-30-14-9-5-10-15-30)36(31)24-32(35)25-38(34)49-40(44)22-21-39(43)47-26-29-12-7-4-8-13-29/h4-5,7-16,18,32-35,38,42H,2-3,6,17,19-28H2,1H3/t32-,33-,34+,35-,38+/m0/s1. The molecule has 3 aromatic rings. The normalized spacial score (nSPS) is 20.0. The molecule has 1 fully saturated rings. The summed E-state index contributed by atoms with van der Waals surface area (Å²) in [5.74, 6) is 0.0806. The van der Waals surface area contributed by atoms with Gasteiger partial charge in [0, 0.05) is 0 Å². The topological polar surface area (TPSA) is 108 Å². The van der Waals surface area contributed by atoms with Crippen LogP contribution in [0.3, 0.4) is 0 Å². The van der Waals surface area contributed by atoms with Crippen LogP contribution in [0.1, 0.15) is 87.0 Å². The van der Waals surface area contributed by atoms with Crippen LogP contribution in [0.2, 0.25) is 0 Å². The van der Waals surface area contributed by atoms with Crippen molar-refractivity contribution in [3.05, 3.63) is 101 Å². The smallest absolute Gasteiger partial charge is 0.344 e. The highest BCUT2D eigenvalue weighted by Crippen LogP contribution is 2.49. The molecule has 0 aromatic heterocycles. The number of aliphatic hydroxyl groups is 1. The zero-order valence-corrected chi connectivity index (χ0v) is 28.6. The Morgan fingerprint density at radius 1 is 0.776 bits per heavy atom. The predicted molar refractivity (Wildman–Crippen MR) is 185 cm³/mol. The fourth-order valence-corrected chi connectivity index (χ4v) is 7.36. The predicted octanol–water partition coefficient (Wildman–Crippen LogP) is 7.32. The lowest BCUT2D eigenvalue weighted by molar-refractivity contribution is -0.155. The number of unbranched alkanes of at least 4 members (excludes halogenated alkanes) is 2. The number of fused-ring (bicyclic) bond motifs is 2. The van der Waals surface area contributed by atoms with Crippen molar-refractivity contribution in [3.8, 4) is 5.75 Å². The molecule has 262 valence electrons. The molecule has 5 atom stereocenters. The quantitative estimate of drug-likeness (QED) is 0.0853. The molecule has 5 rings (SSSR count). The average molecular weight is 671 g/mol. The van der Waals surface area contributed by atoms with E-state index in [2.05, 4.69) is 13.0 Å². The van der Waals surface area contributed by atoms with Crippen LogP contribution in [0.4, 0.5) is 0 Å². The van der Waals surface area contributed by atoms with Crippen molar-refractivity contribution in [2.45, 2.75) is 103 Å². The lowest BCUT2D eigenvalue weighted by Gasteiger charge is -2.32. The van der Waals surface area contributed by atoms with Crippen LogP contribution in [0, 0.1) is 17.8 Å². The molecule has 0 saturated heterocycles. The third-order valence-corrected chi connectivity index (χ3v) is 9.94. The second-order valence-electron chi connectivity index (χ2n) is 13.5. The Hall–Kier alpha value is -4.17. The zero-order valence-electron chi connectivity index (χ0n) is 28.6. The van der Waals surface area contributed by atoms with E-state index in [-0.39, 0.29) is 62.6 Å². The average Bonchev–Trinajstić information content (AvgIpc) is 3.45. The molecule has 1 N–H and O–H groups in total. The molecule has 0 amide bonds. The van der Waals surface area contributed by atoms with Crippen molar-refractivity contribution >= 4 is 17.9 Å². The summed E-state index contributed by atoms with van der Waals surface area (Å²) in [6.45, 7) is 2.35. The van der Waals surface area contributed by atoms with Crippen LogP contribution in [0.5, 0.6) is 5.75 Å². The molecule has 1 saturated carbocycles. The van der Waals surface area contributed by atoms with Crippen LogP contribution < -0.4 is 4.74 Å². The van der Waals surface area contributed by atoms with E-state index < -0.39 is 17.9 Å². The van der Waals surface area contributed by atoms with Crippen molar-refractivity contribution in [2.24, 2.45) is 17.8 Å². The molecule has 0 heterocycles. The lowest BCUT2D eigenvalue weighted by Crippen LogP contribution is -2.30. The number of carbonyl (C=O) groups is 3. The first-order valence-corrected chi connectivity index (χ1v) is 17.9. The number of ether oxygens (including phenoxy) is 4. The molecule has 8 nitrogen and oxygen atoms in total. The van der Waals surface area contributed by atoms with Crippen LogP contribution in [-0.4, -0.2) is 41.8 Å². The van der Waals surface area contributed by atoms with E-state index in [4.69, 9.17) is 18.9 Å². The first-order valence-electron chi connectivity index (χ1n) is 17.9. The first kappa shape index (κ1) is 36.1. The highest BCUT2D eigenvalue weighted by Gasteiger charge is 2.47. The number of carbonyl (C=O) groups excluding carboxylic acids is 3. The Morgan fingerprint density at radius 3 is 2.14 bits per heavy atom. The van der Waals surface area contributed by atoms with Gasteiger partial charge in [0.2, 0.25) is 0 Å². The van der Waals surface area contributed by atoms with Crippen LogP contribution in [-0.2, 0) is 54.6 Å². The number of aliphatic hydroxyl groups excluding tert-OH is 1. The highest BCUT2D eigenvalue weighted by molar-refractivity contribution is 5.77. The Balaban J connectivity index is 1.18. The van der Waals surface area contributed by atoms with E-state index in [1.54, 1.807) is 0 Å². The van der Waals surface area contributed by atoms with Gasteiger partial charge in [-0.2, -0.15) is 0 Å². The van der Waals surface area contributed by atoms with Gasteiger partial charge in [-0.05, 0) is 84.6 Å². The van der Waals surface area contributed by atoms with Crippen LogP contribution in [0.15, 0.2) is 78.9 Å². The van der Waals surface area contributed by atoms with Crippen molar-refractivity contribution < 1.29 is 38.4 Å². The van der Waals surface area contributed by atoms with E-state index in [1.807, 2.05) is 72.8 Å². The molecule has 8 heteroatoms. The van der Waals surface area contributed by atoms with Crippen LogP contribution >= 0.6 is 0 Å². The summed E-state index contributed by atoms with van der Waals surface area (Å²) in [7, 11) is 0. The van der Waals surface area contributed by atoms with Crippen molar-refractivity contribution in [2.75, 3.05) is 6.61 Å². The van der Waals surface area contributed by atoms with Gasteiger partial charge in [0.25, 0.3) is 0 Å². The first-order chi connectivity index (χ1) is 23.9. The summed E-state index contributed by atoms with van der Waals surface area (Å²) in [5.41, 5.74) is 4.08. The van der Waals surface area contributed by atoms with Gasteiger partial charge in [-0.3, -0.25) is 9.59 Å². The second kappa shape index (κ2) is 18.6. The van der Waals surface area contributed by atoms with Gasteiger partial charge in [-0.25, -0.2) is 4.79 Å². The molecule has 2 aliphatic carbocycles. The minimum absolute atomic E-state index is 0.0357. The summed E-state index contributed by atoms with van der Waals surface area (Å²) in [6, 6.07) is 25.0. The minimum atomic E-state index is -0.431. The highest BCUT2D eigenvalue weighted by atomic mass is 16.6. The molecule has 3 aromatic carbocycles. The minimum Gasteiger partial charge on any atom is -0.482 e. The molecule has 0 unspecified atom stereocenters. The zero-order chi connectivity index (χ0) is 34.4. The number of hydrogen-bond acceptors (Lipinski definition) is 8. The third-order valence-electron chi connectivity index (χ3n) is 9.94. The van der Waals surface area contributed by atoms with Crippen molar-refractivity contribution in [3.63, 3.8) is 0 Å². The van der Waals surface area contributed by atoms with E-state index >= 15 is 0 Å². The fourth-order valence-electron chi connectivity index (χ4n) is 7.36. The Bertz CT molecular complexity index is 1490. The van der Waals surface area contributed by atoms with Gasteiger partial charge in [0.1, 0.15) is 25.1 Å². The summed E-state index contributed by atoms with van der Waals surface area (Å²) >= 11 is 0. The monoisotopic (exact) mass is 670 g/mol. The van der Waals surface area contributed by atoms with Gasteiger partial charge >= 0.3 is 17.9 Å². The van der Waals surface area contributed by atoms with Crippen molar-refractivity contribution in [1.29, 1.82) is 0 Å². The van der Waals surface area contributed by atoms with E-state index in [0.29, 0.717) is 18.6 Å². The summed E-state index contributed by atoms with van der Waals surface area (Å²) in [4.78, 5) is 37.9. The molecule has 2 aliphatic rings. The summed E-state index contributed by atoms with van der Waals surface area (Å²) < 4.78 is 22.9. The molecule has 0 spiro atoms. The third kappa shape index (κ3) is 10.9. The van der Waals surface area contributed by atoms with Gasteiger partial charge in [-0.15, -0.1) is 0 Å². The Kier molecular flexibility index (Phi) is 13.7. The maximum atomic E-state index is 13.1. The molecule has 49 heavy (non-hydrogen) atoms. The molecule has 0 aliphatic heterocycles. The molecule has 0 bridgehead atoms. The van der Waals surface area contributed by atoms with Gasteiger partial charge < -0.3 is 24.1 Å². The number of hydrogen-bond donors (Lipinski definition) is 1. The maximum absolute atomic E-state index is 13.1. The van der Waals surface area contributed by atoms with Crippen LogP contribution in [0.25, 0.3) is 0 Å². The van der Waals surface area contributed by atoms with E-state index in [0.717, 1.165) is 61.6 Å². The summed E-state index contributed by atoms with van der Waals surface area (Å²) in [5, 5.41) is 10.8. The SMILES string of the molecule is CCCCC[C@H](O)CC[C@@H]1[C@H]2Cc3cccc(OCC(=O)OCc4ccccc4)c3C[C@H]2C[C@H]1OC(=O)CCC(=O)OCc1ccccc1. The number of benzene rings is 3. The van der Waals surface area contributed by atoms with Gasteiger partial charge in [0.05, 0.1) is 18.9 Å². The van der Waals surface area contributed by atoms with Gasteiger partial charge in [0.15, 0.2) is 6.61 Å². The maximum Gasteiger partial charge on any atom is 0.344 e. The fraction of sp³-hybridized carbons (Fsp3) is 0.488. The molecular formula is C41H50O8. The largest absolute Gasteiger partial charge is 0.482 e. The number of rotatable bonds is 18.